The van der Waals surface area contributed by atoms with Gasteiger partial charge in [-0.25, -0.2) is 23.7 Å². The van der Waals surface area contributed by atoms with E-state index in [1.807, 2.05) is 0 Å². The SMILES string of the molecule is O=S(=O)(O)Cc1c(F)cc(Oc2ncccc2-c2ccnc(N[C@@H]3CNC[C@H](CF)C3)n2)c(F)c1F. The van der Waals surface area contributed by atoms with Crippen LogP contribution in [0.4, 0.5) is 23.5 Å². The molecular formula is C22H21F4N5O4S. The molecular weight excluding hydrogens is 506 g/mol. The van der Waals surface area contributed by atoms with Crippen molar-refractivity contribution in [3.8, 4) is 22.9 Å². The molecule has 0 bridgehead atoms. The molecule has 1 aliphatic heterocycles. The van der Waals surface area contributed by atoms with Crippen molar-refractivity contribution in [2.24, 2.45) is 5.92 Å². The van der Waals surface area contributed by atoms with Crippen molar-refractivity contribution in [1.82, 2.24) is 20.3 Å². The van der Waals surface area contributed by atoms with Crippen LogP contribution in [0.2, 0.25) is 0 Å². The van der Waals surface area contributed by atoms with Crippen LogP contribution in [0.5, 0.6) is 11.6 Å². The fourth-order valence-corrected chi connectivity index (χ4v) is 4.42. The zero-order chi connectivity index (χ0) is 25.9. The molecule has 1 aliphatic rings. The smallest absolute Gasteiger partial charge is 0.269 e. The highest BCUT2D eigenvalue weighted by Gasteiger charge is 2.25. The number of nitrogens with zero attached hydrogens (tertiary/aromatic N) is 3. The first-order chi connectivity index (χ1) is 17.1. The van der Waals surface area contributed by atoms with E-state index in [0.29, 0.717) is 31.3 Å². The van der Waals surface area contributed by atoms with Gasteiger partial charge in [-0.15, -0.1) is 0 Å². The number of benzene rings is 1. The molecule has 9 nitrogen and oxygen atoms in total. The number of pyridine rings is 1. The molecule has 0 aliphatic carbocycles. The molecule has 3 aromatic rings. The first kappa shape index (κ1) is 25.7. The van der Waals surface area contributed by atoms with Gasteiger partial charge < -0.3 is 15.4 Å². The minimum atomic E-state index is -4.82. The van der Waals surface area contributed by atoms with Crippen molar-refractivity contribution in [2.45, 2.75) is 18.2 Å². The second kappa shape index (κ2) is 10.7. The standard InChI is InChI=1S/C22H21F4N5O4S/c23-8-12-6-13(10-27-9-12)30-22-29-5-3-17(31-22)14-2-1-4-28-21(14)35-18-7-16(24)15(11-36(32,33)34)19(25)20(18)26/h1-5,7,12-13,27H,6,8-11H2,(H,29,30,31)(H,32,33,34)/t12-,13-/m0/s1. The van der Waals surface area contributed by atoms with E-state index < -0.39 is 51.3 Å². The van der Waals surface area contributed by atoms with Crippen LogP contribution in [0.25, 0.3) is 11.3 Å². The molecule has 3 heterocycles. The molecule has 36 heavy (non-hydrogen) atoms. The Bertz CT molecular complexity index is 1360. The van der Waals surface area contributed by atoms with Gasteiger partial charge in [0.2, 0.25) is 17.6 Å². The van der Waals surface area contributed by atoms with Crippen molar-refractivity contribution in [2.75, 3.05) is 25.1 Å². The summed E-state index contributed by atoms with van der Waals surface area (Å²) >= 11 is 0. The molecule has 3 N–H and O–H groups in total. The summed E-state index contributed by atoms with van der Waals surface area (Å²) in [5.74, 6) is -7.37. The predicted octanol–water partition coefficient (Wildman–Crippen LogP) is 3.50. The number of hydrogen-bond acceptors (Lipinski definition) is 8. The molecule has 0 saturated carbocycles. The third-order valence-corrected chi connectivity index (χ3v) is 6.10. The number of nitrogens with one attached hydrogen (secondary N) is 2. The van der Waals surface area contributed by atoms with Gasteiger partial charge in [-0.2, -0.15) is 12.8 Å². The summed E-state index contributed by atoms with van der Waals surface area (Å²) in [6, 6.07) is 4.95. The average molecular weight is 528 g/mol. The fourth-order valence-electron chi connectivity index (χ4n) is 3.79. The second-order valence-electron chi connectivity index (χ2n) is 8.17. The third kappa shape index (κ3) is 6.06. The number of aromatic nitrogens is 3. The number of rotatable bonds is 8. The summed E-state index contributed by atoms with van der Waals surface area (Å²) in [6.07, 6.45) is 3.35. The van der Waals surface area contributed by atoms with E-state index in [1.165, 1.54) is 24.5 Å². The lowest BCUT2D eigenvalue weighted by molar-refractivity contribution is 0.282. The summed E-state index contributed by atoms with van der Waals surface area (Å²) in [5.41, 5.74) is -0.623. The zero-order valence-electron chi connectivity index (χ0n) is 18.6. The molecule has 1 saturated heterocycles. The quantitative estimate of drug-likeness (QED) is 0.229. The lowest BCUT2D eigenvalue weighted by Gasteiger charge is -2.29. The number of alkyl halides is 1. The summed E-state index contributed by atoms with van der Waals surface area (Å²) in [4.78, 5) is 12.6. The molecule has 0 amide bonds. The molecule has 4 rings (SSSR count). The Labute approximate surface area is 203 Å². The summed E-state index contributed by atoms with van der Waals surface area (Å²) < 4.78 is 92.5. The number of anilines is 1. The lowest BCUT2D eigenvalue weighted by Crippen LogP contribution is -2.44. The van der Waals surface area contributed by atoms with E-state index in [1.54, 1.807) is 6.07 Å². The van der Waals surface area contributed by atoms with Crippen LogP contribution in [0, 0.1) is 23.4 Å². The van der Waals surface area contributed by atoms with Gasteiger partial charge in [-0.1, -0.05) is 0 Å². The fraction of sp³-hybridized carbons (Fsp3) is 0.318. The van der Waals surface area contributed by atoms with Gasteiger partial charge in [-0.05, 0) is 24.6 Å². The Morgan fingerprint density at radius 1 is 1.14 bits per heavy atom. The van der Waals surface area contributed by atoms with E-state index in [4.69, 9.17) is 9.29 Å². The maximum Gasteiger partial charge on any atom is 0.269 e. The Morgan fingerprint density at radius 3 is 2.69 bits per heavy atom. The molecule has 14 heteroatoms. The summed E-state index contributed by atoms with van der Waals surface area (Å²) in [7, 11) is -4.82. The van der Waals surface area contributed by atoms with Crippen molar-refractivity contribution in [3.63, 3.8) is 0 Å². The van der Waals surface area contributed by atoms with E-state index in [-0.39, 0.29) is 29.4 Å². The minimum Gasteiger partial charge on any atom is -0.435 e. The first-order valence-electron chi connectivity index (χ1n) is 10.8. The van der Waals surface area contributed by atoms with Crippen LogP contribution in [-0.2, 0) is 15.9 Å². The molecule has 0 radical (unpaired) electrons. The average Bonchev–Trinajstić information content (AvgIpc) is 2.85. The van der Waals surface area contributed by atoms with Gasteiger partial charge in [0.15, 0.2) is 11.6 Å². The van der Waals surface area contributed by atoms with E-state index in [2.05, 4.69) is 25.6 Å². The first-order valence-corrected chi connectivity index (χ1v) is 12.4. The van der Waals surface area contributed by atoms with Gasteiger partial charge in [-0.3, -0.25) is 8.94 Å². The lowest BCUT2D eigenvalue weighted by atomic mass is 9.97. The number of piperidine rings is 1. The van der Waals surface area contributed by atoms with Gasteiger partial charge in [0.25, 0.3) is 10.1 Å². The molecule has 0 spiro atoms. The Balaban J connectivity index is 1.61. The molecule has 1 aromatic carbocycles. The normalized spacial score (nSPS) is 18.1. The Morgan fingerprint density at radius 2 is 1.94 bits per heavy atom. The monoisotopic (exact) mass is 527 g/mol. The van der Waals surface area contributed by atoms with Crippen molar-refractivity contribution in [3.05, 3.63) is 59.7 Å². The molecule has 2 atom stereocenters. The van der Waals surface area contributed by atoms with Gasteiger partial charge in [0.1, 0.15) is 11.6 Å². The van der Waals surface area contributed by atoms with Crippen molar-refractivity contribution in [1.29, 1.82) is 0 Å². The van der Waals surface area contributed by atoms with Crippen LogP contribution in [-0.4, -0.2) is 53.7 Å². The predicted molar refractivity (Wildman–Crippen MR) is 121 cm³/mol. The van der Waals surface area contributed by atoms with Crippen LogP contribution in [0.1, 0.15) is 12.0 Å². The van der Waals surface area contributed by atoms with E-state index in [9.17, 15) is 26.0 Å². The Kier molecular flexibility index (Phi) is 7.66. The highest BCUT2D eigenvalue weighted by atomic mass is 32.2. The van der Waals surface area contributed by atoms with E-state index in [0.717, 1.165) is 0 Å². The number of hydrogen-bond donors (Lipinski definition) is 3. The van der Waals surface area contributed by atoms with Gasteiger partial charge >= 0.3 is 0 Å². The summed E-state index contributed by atoms with van der Waals surface area (Å²) in [5, 5.41) is 6.27. The third-order valence-electron chi connectivity index (χ3n) is 5.45. The number of ether oxygens (including phenoxy) is 1. The zero-order valence-corrected chi connectivity index (χ0v) is 19.4. The Hall–Kier alpha value is -3.36. The molecule has 0 unspecified atom stereocenters. The maximum absolute atomic E-state index is 14.6. The molecule has 192 valence electrons. The topological polar surface area (TPSA) is 126 Å². The molecule has 2 aromatic heterocycles. The van der Waals surface area contributed by atoms with Crippen LogP contribution >= 0.6 is 0 Å². The maximum atomic E-state index is 14.6. The summed E-state index contributed by atoms with van der Waals surface area (Å²) in [6.45, 7) is 0.729. The van der Waals surface area contributed by atoms with E-state index >= 15 is 0 Å². The van der Waals surface area contributed by atoms with Gasteiger partial charge in [0, 0.05) is 49.1 Å². The molecule has 1 fully saturated rings. The highest BCUT2D eigenvalue weighted by Crippen LogP contribution is 2.34. The largest absolute Gasteiger partial charge is 0.435 e. The van der Waals surface area contributed by atoms with Crippen LogP contribution in [0.15, 0.2) is 36.7 Å². The number of halogens is 4. The second-order valence-corrected chi connectivity index (χ2v) is 9.62. The van der Waals surface area contributed by atoms with Gasteiger partial charge in [0.05, 0.1) is 17.9 Å². The van der Waals surface area contributed by atoms with Crippen molar-refractivity contribution >= 4 is 16.1 Å². The highest BCUT2D eigenvalue weighted by molar-refractivity contribution is 7.85. The van der Waals surface area contributed by atoms with Crippen molar-refractivity contribution < 1.29 is 35.3 Å². The van der Waals surface area contributed by atoms with Crippen LogP contribution in [0.3, 0.4) is 0 Å². The van der Waals surface area contributed by atoms with Crippen LogP contribution < -0.4 is 15.4 Å². The minimum absolute atomic E-state index is 0.110.